The van der Waals surface area contributed by atoms with E-state index in [2.05, 4.69) is 4.98 Å². The van der Waals surface area contributed by atoms with Crippen molar-refractivity contribution in [2.75, 3.05) is 0 Å². The van der Waals surface area contributed by atoms with Crippen molar-refractivity contribution < 1.29 is 9.90 Å². The van der Waals surface area contributed by atoms with Crippen molar-refractivity contribution >= 4 is 29.1 Å². The van der Waals surface area contributed by atoms with Crippen molar-refractivity contribution in [2.24, 2.45) is 0 Å². The molecule has 18 heavy (non-hydrogen) atoms. The summed E-state index contributed by atoms with van der Waals surface area (Å²) >= 11 is 2.84. The van der Waals surface area contributed by atoms with Crippen LogP contribution in [0.5, 0.6) is 0 Å². The van der Waals surface area contributed by atoms with Crippen LogP contribution in [0, 0.1) is 13.8 Å². The van der Waals surface area contributed by atoms with Crippen LogP contribution in [-0.4, -0.2) is 16.1 Å². The summed E-state index contributed by atoms with van der Waals surface area (Å²) in [6.07, 6.45) is 0. The monoisotopic (exact) mass is 279 g/mol. The highest BCUT2D eigenvalue weighted by atomic mass is 32.2. The molecule has 0 bridgehead atoms. The molecule has 0 fully saturated rings. The number of carboxylic acid groups (broad SMARTS) is 1. The zero-order valence-corrected chi connectivity index (χ0v) is 11.8. The second-order valence-corrected chi connectivity index (χ2v) is 5.90. The molecular formula is C13H13NO2S2. The molecule has 1 N–H and O–H groups in total. The standard InChI is InChI=1S/C13H13NO2S2/c1-8-5-9(2)14-11(6-8)18-7-10-3-4-17-12(10)13(15)16/h3-6H,7H2,1-2H3,(H,15,16). The second-order valence-electron chi connectivity index (χ2n) is 3.99. The van der Waals surface area contributed by atoms with E-state index in [0.29, 0.717) is 10.6 Å². The molecule has 0 atom stereocenters. The van der Waals surface area contributed by atoms with Crippen molar-refractivity contribution in [1.82, 2.24) is 4.98 Å². The molecule has 0 unspecified atom stereocenters. The molecule has 0 radical (unpaired) electrons. The minimum atomic E-state index is -0.853. The lowest BCUT2D eigenvalue weighted by atomic mass is 10.3. The second kappa shape index (κ2) is 5.54. The van der Waals surface area contributed by atoms with Gasteiger partial charge < -0.3 is 5.11 Å². The van der Waals surface area contributed by atoms with Gasteiger partial charge in [-0.05, 0) is 48.6 Å². The van der Waals surface area contributed by atoms with Crippen LogP contribution in [-0.2, 0) is 5.75 Å². The average molecular weight is 279 g/mol. The summed E-state index contributed by atoms with van der Waals surface area (Å²) in [5.41, 5.74) is 3.02. The van der Waals surface area contributed by atoms with Gasteiger partial charge in [-0.25, -0.2) is 9.78 Å². The van der Waals surface area contributed by atoms with E-state index in [1.807, 2.05) is 37.4 Å². The molecule has 0 spiro atoms. The van der Waals surface area contributed by atoms with E-state index in [4.69, 9.17) is 5.11 Å². The van der Waals surface area contributed by atoms with Gasteiger partial charge in [-0.3, -0.25) is 0 Å². The van der Waals surface area contributed by atoms with Gasteiger partial charge in [0.1, 0.15) is 4.88 Å². The maximum atomic E-state index is 11.0. The van der Waals surface area contributed by atoms with Gasteiger partial charge in [0, 0.05) is 11.4 Å². The number of rotatable bonds is 4. The predicted molar refractivity (Wildman–Crippen MR) is 74.6 cm³/mol. The SMILES string of the molecule is Cc1cc(C)nc(SCc2ccsc2C(=O)O)c1. The van der Waals surface area contributed by atoms with E-state index in [1.165, 1.54) is 16.9 Å². The van der Waals surface area contributed by atoms with Crippen LogP contribution in [0.25, 0.3) is 0 Å². The number of pyridine rings is 1. The number of aromatic carboxylic acids is 1. The molecule has 2 aromatic heterocycles. The fourth-order valence-electron chi connectivity index (χ4n) is 1.67. The third kappa shape index (κ3) is 3.11. The van der Waals surface area contributed by atoms with Crippen LogP contribution in [0.1, 0.15) is 26.5 Å². The summed E-state index contributed by atoms with van der Waals surface area (Å²) in [7, 11) is 0. The molecular weight excluding hydrogens is 266 g/mol. The summed E-state index contributed by atoms with van der Waals surface area (Å²) in [4.78, 5) is 15.8. The van der Waals surface area contributed by atoms with E-state index in [9.17, 15) is 4.79 Å². The van der Waals surface area contributed by atoms with E-state index in [0.717, 1.165) is 16.3 Å². The van der Waals surface area contributed by atoms with Crippen LogP contribution in [0.2, 0.25) is 0 Å². The third-order valence-corrected chi connectivity index (χ3v) is 4.30. The smallest absolute Gasteiger partial charge is 0.346 e. The number of carboxylic acids is 1. The van der Waals surface area contributed by atoms with Gasteiger partial charge >= 0.3 is 5.97 Å². The Kier molecular flexibility index (Phi) is 4.04. The molecule has 0 saturated heterocycles. The van der Waals surface area contributed by atoms with Crippen LogP contribution in [0.15, 0.2) is 28.6 Å². The maximum absolute atomic E-state index is 11.0. The van der Waals surface area contributed by atoms with Crippen molar-refractivity contribution in [3.8, 4) is 0 Å². The van der Waals surface area contributed by atoms with Gasteiger partial charge in [0.05, 0.1) is 5.03 Å². The molecule has 0 aliphatic heterocycles. The topological polar surface area (TPSA) is 50.2 Å². The highest BCUT2D eigenvalue weighted by Crippen LogP contribution is 2.26. The molecule has 0 aliphatic rings. The fourth-order valence-corrected chi connectivity index (χ4v) is 3.54. The number of aromatic nitrogens is 1. The van der Waals surface area contributed by atoms with Crippen LogP contribution in [0.4, 0.5) is 0 Å². The van der Waals surface area contributed by atoms with Gasteiger partial charge in [0.2, 0.25) is 0 Å². The third-order valence-electron chi connectivity index (χ3n) is 2.39. The van der Waals surface area contributed by atoms with Gasteiger partial charge in [-0.15, -0.1) is 23.1 Å². The molecule has 0 amide bonds. The van der Waals surface area contributed by atoms with Crippen LogP contribution < -0.4 is 0 Å². The first-order valence-electron chi connectivity index (χ1n) is 5.44. The largest absolute Gasteiger partial charge is 0.477 e. The zero-order chi connectivity index (χ0) is 13.1. The summed E-state index contributed by atoms with van der Waals surface area (Å²) < 4.78 is 0. The lowest BCUT2D eigenvalue weighted by molar-refractivity contribution is 0.0701. The van der Waals surface area contributed by atoms with E-state index < -0.39 is 5.97 Å². The van der Waals surface area contributed by atoms with Crippen molar-refractivity contribution in [1.29, 1.82) is 0 Å². The fraction of sp³-hybridized carbons (Fsp3) is 0.231. The van der Waals surface area contributed by atoms with Crippen molar-refractivity contribution in [3.63, 3.8) is 0 Å². The summed E-state index contributed by atoms with van der Waals surface area (Å²) in [6.45, 7) is 4.00. The van der Waals surface area contributed by atoms with Crippen LogP contribution in [0.3, 0.4) is 0 Å². The Morgan fingerprint density at radius 3 is 2.89 bits per heavy atom. The average Bonchev–Trinajstić information content (AvgIpc) is 2.73. The zero-order valence-electron chi connectivity index (χ0n) is 10.1. The Labute approximate surface area is 114 Å². The highest BCUT2D eigenvalue weighted by molar-refractivity contribution is 7.98. The first kappa shape index (κ1) is 13.1. The number of thioether (sulfide) groups is 1. The Bertz CT molecular complexity index is 558. The molecule has 94 valence electrons. The molecule has 2 aromatic rings. The summed E-state index contributed by atoms with van der Waals surface area (Å²) in [5.74, 6) is -0.213. The number of aryl methyl sites for hydroxylation is 2. The van der Waals surface area contributed by atoms with E-state index in [1.54, 1.807) is 11.8 Å². The van der Waals surface area contributed by atoms with Gasteiger partial charge in [-0.2, -0.15) is 0 Å². The predicted octanol–water partition coefficient (Wildman–Crippen LogP) is 3.75. The first-order chi connectivity index (χ1) is 8.56. The number of hydrogen-bond acceptors (Lipinski definition) is 4. The Hall–Kier alpha value is -1.33. The van der Waals surface area contributed by atoms with E-state index in [-0.39, 0.29) is 0 Å². The van der Waals surface area contributed by atoms with Crippen molar-refractivity contribution in [3.05, 3.63) is 45.3 Å². The minimum Gasteiger partial charge on any atom is -0.477 e. The summed E-state index contributed by atoms with van der Waals surface area (Å²) in [5, 5.41) is 11.8. The molecule has 5 heteroatoms. The van der Waals surface area contributed by atoms with Crippen molar-refractivity contribution in [2.45, 2.75) is 24.6 Å². The number of nitrogens with zero attached hydrogens (tertiary/aromatic N) is 1. The van der Waals surface area contributed by atoms with E-state index >= 15 is 0 Å². The quantitative estimate of drug-likeness (QED) is 0.866. The summed E-state index contributed by atoms with van der Waals surface area (Å²) in [6, 6.07) is 5.91. The molecule has 0 saturated carbocycles. The Balaban J connectivity index is 2.11. The number of thiophene rings is 1. The minimum absolute atomic E-state index is 0.423. The number of hydrogen-bond donors (Lipinski definition) is 1. The van der Waals surface area contributed by atoms with Gasteiger partial charge in [0.25, 0.3) is 0 Å². The number of carbonyl (C=O) groups is 1. The normalized spacial score (nSPS) is 10.6. The van der Waals surface area contributed by atoms with Gasteiger partial charge in [0.15, 0.2) is 0 Å². The Morgan fingerprint density at radius 1 is 1.44 bits per heavy atom. The molecule has 0 aliphatic carbocycles. The molecule has 0 aromatic carbocycles. The van der Waals surface area contributed by atoms with Gasteiger partial charge in [-0.1, -0.05) is 0 Å². The molecule has 2 heterocycles. The molecule has 2 rings (SSSR count). The molecule has 3 nitrogen and oxygen atoms in total. The maximum Gasteiger partial charge on any atom is 0.346 e. The Morgan fingerprint density at radius 2 is 2.22 bits per heavy atom. The highest BCUT2D eigenvalue weighted by Gasteiger charge is 2.12. The lowest BCUT2D eigenvalue weighted by Crippen LogP contribution is -1.96. The van der Waals surface area contributed by atoms with Crippen LogP contribution >= 0.6 is 23.1 Å². The first-order valence-corrected chi connectivity index (χ1v) is 7.30. The lowest BCUT2D eigenvalue weighted by Gasteiger charge is -2.03.